The van der Waals surface area contributed by atoms with Crippen LogP contribution in [0.2, 0.25) is 5.02 Å². The molecule has 2 N–H and O–H groups in total. The largest absolute Gasteiger partial charge is 0.493 e. The molecular weight excluding hydrogens is 498 g/mol. The lowest BCUT2D eigenvalue weighted by Crippen LogP contribution is -2.21. The van der Waals surface area contributed by atoms with Crippen LogP contribution < -0.4 is 19.8 Å². The number of carbonyl (C=O) groups excluding carboxylic acids is 2. The van der Waals surface area contributed by atoms with Gasteiger partial charge in [-0.25, -0.2) is 4.79 Å². The van der Waals surface area contributed by atoms with Crippen LogP contribution in [-0.4, -0.2) is 42.3 Å². The van der Waals surface area contributed by atoms with Crippen LogP contribution in [0.5, 0.6) is 11.5 Å². The highest BCUT2D eigenvalue weighted by Gasteiger charge is 2.29. The van der Waals surface area contributed by atoms with Gasteiger partial charge < -0.3 is 19.9 Å². The lowest BCUT2D eigenvalue weighted by molar-refractivity contribution is -0.118. The molecule has 0 aliphatic carbocycles. The summed E-state index contributed by atoms with van der Waals surface area (Å²) in [5.41, 5.74) is 2.58. The summed E-state index contributed by atoms with van der Waals surface area (Å²) in [5, 5.41) is 17.7. The van der Waals surface area contributed by atoms with Crippen LogP contribution in [0.4, 0.5) is 11.4 Å². The molecular formula is C27H22ClN3O6. The number of carboxylic acids is 1. The topological polar surface area (TPSA) is 118 Å². The second kappa shape index (κ2) is 11.0. The fraction of sp³-hybridized carbons (Fsp3) is 0.111. The summed E-state index contributed by atoms with van der Waals surface area (Å²) < 4.78 is 11.0. The van der Waals surface area contributed by atoms with E-state index in [1.54, 1.807) is 55.5 Å². The van der Waals surface area contributed by atoms with E-state index in [2.05, 4.69) is 10.4 Å². The van der Waals surface area contributed by atoms with Crippen molar-refractivity contribution < 1.29 is 29.0 Å². The molecule has 1 aliphatic heterocycles. The number of hydrogen-bond donors (Lipinski definition) is 2. The van der Waals surface area contributed by atoms with E-state index in [0.717, 1.165) is 0 Å². The number of rotatable bonds is 8. The molecule has 0 radical (unpaired) electrons. The average molecular weight is 520 g/mol. The molecule has 2 amide bonds. The second-order valence-electron chi connectivity index (χ2n) is 7.94. The molecule has 0 saturated carbocycles. The van der Waals surface area contributed by atoms with E-state index >= 15 is 0 Å². The van der Waals surface area contributed by atoms with E-state index < -0.39 is 5.97 Å². The predicted octanol–water partition coefficient (Wildman–Crippen LogP) is 4.87. The van der Waals surface area contributed by atoms with Crippen molar-refractivity contribution in [1.82, 2.24) is 0 Å². The van der Waals surface area contributed by atoms with Crippen molar-refractivity contribution in [2.24, 2.45) is 5.10 Å². The number of amides is 2. The summed E-state index contributed by atoms with van der Waals surface area (Å²) >= 11 is 6.06. The number of methoxy groups -OCH3 is 1. The van der Waals surface area contributed by atoms with Gasteiger partial charge in [0, 0.05) is 0 Å². The summed E-state index contributed by atoms with van der Waals surface area (Å²) in [5.74, 6) is -1.07. The van der Waals surface area contributed by atoms with Gasteiger partial charge in [0.25, 0.3) is 11.8 Å². The number of para-hydroxylation sites is 1. The van der Waals surface area contributed by atoms with Gasteiger partial charge in [-0.2, -0.15) is 10.1 Å². The normalized spacial score (nSPS) is 13.9. The number of hydrazone groups is 1. The summed E-state index contributed by atoms with van der Waals surface area (Å²) in [6, 6.07) is 17.8. The molecule has 10 heteroatoms. The highest BCUT2D eigenvalue weighted by Crippen LogP contribution is 2.31. The maximum Gasteiger partial charge on any atom is 0.335 e. The lowest BCUT2D eigenvalue weighted by Gasteiger charge is -2.13. The fourth-order valence-electron chi connectivity index (χ4n) is 3.56. The number of nitrogens with one attached hydrogen (secondary N) is 1. The van der Waals surface area contributed by atoms with E-state index in [9.17, 15) is 14.4 Å². The summed E-state index contributed by atoms with van der Waals surface area (Å²) in [6.45, 7) is 1.45. The number of ether oxygens (including phenoxy) is 2. The average Bonchev–Trinajstić information content (AvgIpc) is 3.17. The number of hydrogen-bond acceptors (Lipinski definition) is 6. The van der Waals surface area contributed by atoms with E-state index in [0.29, 0.717) is 44.7 Å². The maximum atomic E-state index is 13.0. The molecule has 0 fully saturated rings. The van der Waals surface area contributed by atoms with Crippen molar-refractivity contribution in [2.45, 2.75) is 6.92 Å². The molecule has 0 spiro atoms. The van der Waals surface area contributed by atoms with Gasteiger partial charge in [-0.05, 0) is 67.1 Å². The van der Waals surface area contributed by atoms with Gasteiger partial charge in [0.15, 0.2) is 18.1 Å². The Morgan fingerprint density at radius 1 is 1.08 bits per heavy atom. The smallest absolute Gasteiger partial charge is 0.335 e. The first-order valence-corrected chi connectivity index (χ1v) is 11.4. The van der Waals surface area contributed by atoms with Gasteiger partial charge in [-0.1, -0.05) is 29.8 Å². The highest BCUT2D eigenvalue weighted by molar-refractivity contribution is 6.33. The van der Waals surface area contributed by atoms with Crippen LogP contribution in [0, 0.1) is 0 Å². The van der Waals surface area contributed by atoms with Crippen LogP contribution in [0.1, 0.15) is 22.8 Å². The number of benzene rings is 3. The third kappa shape index (κ3) is 5.79. The van der Waals surface area contributed by atoms with Gasteiger partial charge in [0.1, 0.15) is 0 Å². The van der Waals surface area contributed by atoms with E-state index in [4.69, 9.17) is 26.2 Å². The zero-order valence-electron chi connectivity index (χ0n) is 19.9. The van der Waals surface area contributed by atoms with E-state index in [1.807, 2.05) is 0 Å². The molecule has 3 aromatic rings. The van der Waals surface area contributed by atoms with Crippen molar-refractivity contribution >= 4 is 52.5 Å². The van der Waals surface area contributed by atoms with E-state index in [1.165, 1.54) is 36.4 Å². The lowest BCUT2D eigenvalue weighted by atomic mass is 10.1. The third-order valence-electron chi connectivity index (χ3n) is 5.43. The molecule has 4 rings (SSSR count). The molecule has 37 heavy (non-hydrogen) atoms. The number of nitrogens with zero attached hydrogens (tertiary/aromatic N) is 2. The van der Waals surface area contributed by atoms with Gasteiger partial charge in [-0.15, -0.1) is 0 Å². The Morgan fingerprint density at radius 2 is 1.81 bits per heavy atom. The van der Waals surface area contributed by atoms with Crippen molar-refractivity contribution in [3.63, 3.8) is 0 Å². The minimum absolute atomic E-state index is 0.114. The Kier molecular flexibility index (Phi) is 7.55. The molecule has 0 bridgehead atoms. The van der Waals surface area contributed by atoms with Gasteiger partial charge in [0.2, 0.25) is 0 Å². The van der Waals surface area contributed by atoms with Crippen molar-refractivity contribution in [3.05, 3.63) is 88.5 Å². The highest BCUT2D eigenvalue weighted by atomic mass is 35.5. The number of carboxylic acid groups (broad SMARTS) is 1. The fourth-order valence-corrected chi connectivity index (χ4v) is 3.74. The number of halogens is 1. The number of anilines is 2. The van der Waals surface area contributed by atoms with E-state index in [-0.39, 0.29) is 24.0 Å². The molecule has 1 heterocycles. The molecule has 0 unspecified atom stereocenters. The number of aromatic carboxylic acids is 1. The first-order chi connectivity index (χ1) is 17.8. The third-order valence-corrected chi connectivity index (χ3v) is 5.76. The zero-order valence-corrected chi connectivity index (χ0v) is 20.7. The Morgan fingerprint density at radius 3 is 2.49 bits per heavy atom. The Hall–Kier alpha value is -4.63. The van der Waals surface area contributed by atoms with Crippen LogP contribution >= 0.6 is 11.6 Å². The molecule has 1 aliphatic rings. The van der Waals surface area contributed by atoms with Crippen LogP contribution in [0.25, 0.3) is 6.08 Å². The minimum atomic E-state index is -1.05. The van der Waals surface area contributed by atoms with Crippen LogP contribution in [0.3, 0.4) is 0 Å². The molecule has 3 aromatic carbocycles. The van der Waals surface area contributed by atoms with Gasteiger partial charge >= 0.3 is 5.97 Å². The zero-order chi connectivity index (χ0) is 26.5. The quantitative estimate of drug-likeness (QED) is 0.410. The minimum Gasteiger partial charge on any atom is -0.493 e. The van der Waals surface area contributed by atoms with Gasteiger partial charge in [-0.3, -0.25) is 9.59 Å². The molecule has 0 atom stereocenters. The standard InChI is InChI=1S/C27H22ClN3O6/c1-16-20(26(33)31(30-16)19-10-8-18(9-11-19)27(34)35)13-17-7-12-23(24(14-17)36-2)37-15-25(32)29-22-6-4-3-5-21(22)28/h3-14H,15H2,1-2H3,(H,29,32)(H,34,35). The summed E-state index contributed by atoms with van der Waals surface area (Å²) in [6.07, 6.45) is 1.67. The van der Waals surface area contributed by atoms with Gasteiger partial charge in [0.05, 0.1) is 40.4 Å². The SMILES string of the molecule is COc1cc(C=C2C(=O)N(c3ccc(C(=O)O)cc3)N=C2C)ccc1OCC(=O)Nc1ccccc1Cl. The summed E-state index contributed by atoms with van der Waals surface area (Å²) in [7, 11) is 1.47. The second-order valence-corrected chi connectivity index (χ2v) is 8.35. The Balaban J connectivity index is 1.46. The first kappa shape index (κ1) is 25.5. The van der Waals surface area contributed by atoms with Crippen molar-refractivity contribution in [3.8, 4) is 11.5 Å². The Bertz CT molecular complexity index is 1430. The molecule has 9 nitrogen and oxygen atoms in total. The molecule has 0 saturated heterocycles. The first-order valence-electron chi connectivity index (χ1n) is 11.1. The Labute approximate surface area is 217 Å². The molecule has 0 aromatic heterocycles. The van der Waals surface area contributed by atoms with Crippen molar-refractivity contribution in [2.75, 3.05) is 24.0 Å². The monoisotopic (exact) mass is 519 g/mol. The van der Waals surface area contributed by atoms with Crippen LogP contribution in [0.15, 0.2) is 77.4 Å². The van der Waals surface area contributed by atoms with Crippen LogP contribution in [-0.2, 0) is 9.59 Å². The van der Waals surface area contributed by atoms with Crippen molar-refractivity contribution in [1.29, 1.82) is 0 Å². The number of carbonyl (C=O) groups is 3. The maximum absolute atomic E-state index is 13.0. The predicted molar refractivity (Wildman–Crippen MR) is 141 cm³/mol. The summed E-state index contributed by atoms with van der Waals surface area (Å²) in [4.78, 5) is 36.4. The molecule has 188 valence electrons.